The Hall–Kier alpha value is -3.83. The van der Waals surface area contributed by atoms with Crippen LogP contribution in [-0.2, 0) is 31.1 Å². The molecule has 3 aromatic rings. The number of hydrogen-bond acceptors (Lipinski definition) is 9. The summed E-state index contributed by atoms with van der Waals surface area (Å²) in [4.78, 5) is 16.7. The summed E-state index contributed by atoms with van der Waals surface area (Å²) in [5, 5.41) is 12.0. The molecule has 1 aromatic heterocycles. The molecular weight excluding hydrogens is 621 g/mol. The smallest absolute Gasteiger partial charge is 0.433 e. The molecule has 0 spiro atoms. The molecule has 0 bridgehead atoms. The summed E-state index contributed by atoms with van der Waals surface area (Å²) in [5.74, 6) is -2.20. The minimum absolute atomic E-state index is 0.0227. The molecule has 0 amide bonds. The molecule has 0 N–H and O–H groups in total. The van der Waals surface area contributed by atoms with Crippen LogP contribution in [0.1, 0.15) is 23.6 Å². The Bertz CT molecular complexity index is 1510. The molecule has 0 radical (unpaired) electrons. The lowest BCUT2D eigenvalue weighted by Crippen LogP contribution is -2.47. The van der Waals surface area contributed by atoms with E-state index in [2.05, 4.69) is 10.1 Å². The fourth-order valence-corrected chi connectivity index (χ4v) is 5.86. The van der Waals surface area contributed by atoms with Gasteiger partial charge in [0.15, 0.2) is 11.9 Å². The average Bonchev–Trinajstić information content (AvgIpc) is 3.52. The van der Waals surface area contributed by atoms with E-state index in [0.29, 0.717) is 11.6 Å². The topological polar surface area (TPSA) is 108 Å². The van der Waals surface area contributed by atoms with Gasteiger partial charge >= 0.3 is 6.16 Å². The van der Waals surface area contributed by atoms with Crippen LogP contribution in [0.5, 0.6) is 0 Å². The highest BCUT2D eigenvalue weighted by Gasteiger charge is 2.47. The first kappa shape index (κ1) is 33.1. The Morgan fingerprint density at radius 1 is 1.23 bits per heavy atom. The molecule has 0 unspecified atom stereocenters. The van der Waals surface area contributed by atoms with Crippen LogP contribution < -0.4 is 0 Å². The number of allylic oxidation sites excluding steroid dienone is 2. The van der Waals surface area contributed by atoms with Crippen molar-refractivity contribution < 1.29 is 36.9 Å². The number of carbonyl (C=O) groups excluding carboxylic acids is 1. The second-order valence-electron chi connectivity index (χ2n) is 9.52. The summed E-state index contributed by atoms with van der Waals surface area (Å²) in [6.45, 7) is 1.91. The van der Waals surface area contributed by atoms with E-state index < -0.39 is 40.7 Å². The average molecular weight is 649 g/mol. The SMILES string of the molecule is C[C@@H](S[C@H]1CO[C@H](/C=C/C=C/c2ccc(C#N)cc2F)OC1)[C@@](Cn1cncn1)(OC(=O)OCCCl)c1ccc(F)cc1F. The molecule has 1 saturated heterocycles. The number of halogens is 4. The van der Waals surface area contributed by atoms with Crippen LogP contribution >= 0.6 is 23.4 Å². The second kappa shape index (κ2) is 15.8. The van der Waals surface area contributed by atoms with Crippen molar-refractivity contribution in [3.63, 3.8) is 0 Å². The largest absolute Gasteiger partial charge is 0.509 e. The van der Waals surface area contributed by atoms with Gasteiger partial charge in [-0.1, -0.05) is 24.3 Å². The van der Waals surface area contributed by atoms with Gasteiger partial charge in [0.05, 0.1) is 42.5 Å². The first-order chi connectivity index (χ1) is 21.2. The van der Waals surface area contributed by atoms with Crippen molar-refractivity contribution in [3.8, 4) is 6.07 Å². The van der Waals surface area contributed by atoms with Crippen LogP contribution in [0.15, 0.2) is 67.3 Å². The van der Waals surface area contributed by atoms with Crippen LogP contribution in [0, 0.1) is 28.8 Å². The molecule has 0 aliphatic carbocycles. The minimum atomic E-state index is -1.72. The number of thioether (sulfide) groups is 1. The highest BCUT2D eigenvalue weighted by molar-refractivity contribution is 8.00. The molecule has 0 saturated carbocycles. The molecule has 232 valence electrons. The van der Waals surface area contributed by atoms with Crippen LogP contribution in [0.25, 0.3) is 6.08 Å². The van der Waals surface area contributed by atoms with E-state index in [0.717, 1.165) is 12.1 Å². The Balaban J connectivity index is 1.47. The highest BCUT2D eigenvalue weighted by atomic mass is 35.5. The first-order valence-corrected chi connectivity index (χ1v) is 14.8. The van der Waals surface area contributed by atoms with E-state index in [1.807, 2.05) is 6.07 Å². The van der Waals surface area contributed by atoms with E-state index in [4.69, 9.17) is 35.8 Å². The monoisotopic (exact) mass is 648 g/mol. The van der Waals surface area contributed by atoms with Crippen molar-refractivity contribution in [2.75, 3.05) is 25.7 Å². The summed E-state index contributed by atoms with van der Waals surface area (Å²) in [7, 11) is 0. The number of carbonyl (C=O) groups is 1. The lowest BCUT2D eigenvalue weighted by atomic mass is 9.89. The molecule has 44 heavy (non-hydrogen) atoms. The molecule has 1 fully saturated rings. The maximum Gasteiger partial charge on any atom is 0.509 e. The van der Waals surface area contributed by atoms with Crippen LogP contribution in [0.3, 0.4) is 0 Å². The maximum absolute atomic E-state index is 15.3. The Morgan fingerprint density at radius 2 is 2.02 bits per heavy atom. The van der Waals surface area contributed by atoms with E-state index >= 15 is 4.39 Å². The molecular formula is C30H28ClF3N4O5S. The molecule has 4 rings (SSSR count). The summed E-state index contributed by atoms with van der Waals surface area (Å²) in [6.07, 6.45) is 7.39. The van der Waals surface area contributed by atoms with E-state index in [9.17, 15) is 13.6 Å². The lowest BCUT2D eigenvalue weighted by molar-refractivity contribution is -0.146. The molecule has 2 heterocycles. The molecule has 14 heteroatoms. The molecule has 1 aliphatic rings. The minimum Gasteiger partial charge on any atom is -0.433 e. The molecule has 2 atom stereocenters. The van der Waals surface area contributed by atoms with Gasteiger partial charge < -0.3 is 18.9 Å². The predicted molar refractivity (Wildman–Crippen MR) is 157 cm³/mol. The zero-order chi connectivity index (χ0) is 31.5. The zero-order valence-corrected chi connectivity index (χ0v) is 25.0. The number of hydrogen-bond donors (Lipinski definition) is 0. The standard InChI is InChI=1S/C30H28ClF3N4O5S/c1-20(44-24-15-41-28(42-16-24)5-3-2-4-22-7-6-21(14-35)12-26(22)33)30(17-38-19-36-18-37-38,43-29(39)40-11-10-31)25-9-8-23(32)13-27(25)34/h2-9,12-13,18-20,24,28H,10-11,15-17H2,1H3/b4-2+,5-3+/t20-,24-,28-,30-/m1/s1. The number of nitriles is 1. The van der Waals surface area contributed by atoms with Crippen LogP contribution in [0.2, 0.25) is 0 Å². The fraction of sp³-hybridized carbons (Fsp3) is 0.333. The van der Waals surface area contributed by atoms with Gasteiger partial charge in [0.2, 0.25) is 0 Å². The van der Waals surface area contributed by atoms with Crippen LogP contribution in [-0.4, -0.2) is 63.4 Å². The number of nitrogens with zero attached hydrogens (tertiary/aromatic N) is 4. The third kappa shape index (κ3) is 8.63. The Labute approximate surface area is 261 Å². The second-order valence-corrected chi connectivity index (χ2v) is 11.5. The number of benzene rings is 2. The number of alkyl halides is 1. The fourth-order valence-electron chi connectivity index (χ4n) is 4.43. The Morgan fingerprint density at radius 3 is 2.68 bits per heavy atom. The zero-order valence-electron chi connectivity index (χ0n) is 23.4. The summed E-state index contributed by atoms with van der Waals surface area (Å²) in [6, 6.07) is 9.09. The van der Waals surface area contributed by atoms with Crippen LogP contribution in [0.4, 0.5) is 18.0 Å². The van der Waals surface area contributed by atoms with Gasteiger partial charge in [-0.2, -0.15) is 10.4 Å². The number of rotatable bonds is 12. The van der Waals surface area contributed by atoms with Gasteiger partial charge in [-0.15, -0.1) is 23.4 Å². The molecule has 2 aromatic carbocycles. The molecule has 1 aliphatic heterocycles. The van der Waals surface area contributed by atoms with Gasteiger partial charge in [0, 0.05) is 22.4 Å². The van der Waals surface area contributed by atoms with Crippen molar-refractivity contribution in [2.24, 2.45) is 0 Å². The third-order valence-electron chi connectivity index (χ3n) is 6.54. The summed E-state index contributed by atoms with van der Waals surface area (Å²) in [5.41, 5.74) is -1.24. The van der Waals surface area contributed by atoms with Crippen molar-refractivity contribution in [1.82, 2.24) is 14.8 Å². The third-order valence-corrected chi connectivity index (χ3v) is 8.14. The predicted octanol–water partition coefficient (Wildman–Crippen LogP) is 5.99. The first-order valence-electron chi connectivity index (χ1n) is 13.4. The van der Waals surface area contributed by atoms with Crippen molar-refractivity contribution in [2.45, 2.75) is 35.9 Å². The molecule has 9 nitrogen and oxygen atoms in total. The van der Waals surface area contributed by atoms with Gasteiger partial charge in [-0.05, 0) is 37.3 Å². The number of aromatic nitrogens is 3. The maximum atomic E-state index is 15.3. The van der Waals surface area contributed by atoms with E-state index in [1.165, 1.54) is 47.3 Å². The van der Waals surface area contributed by atoms with Crippen molar-refractivity contribution in [3.05, 3.63) is 101 Å². The van der Waals surface area contributed by atoms with Crippen molar-refractivity contribution in [1.29, 1.82) is 5.26 Å². The highest BCUT2D eigenvalue weighted by Crippen LogP contribution is 2.42. The number of ether oxygens (including phenoxy) is 4. The lowest BCUT2D eigenvalue weighted by Gasteiger charge is -2.40. The van der Waals surface area contributed by atoms with E-state index in [1.54, 1.807) is 31.2 Å². The van der Waals surface area contributed by atoms with E-state index in [-0.39, 0.29) is 48.6 Å². The summed E-state index contributed by atoms with van der Waals surface area (Å²) < 4.78 is 67.2. The van der Waals surface area contributed by atoms with Gasteiger partial charge in [-0.25, -0.2) is 27.6 Å². The van der Waals surface area contributed by atoms with Crippen molar-refractivity contribution >= 4 is 35.6 Å². The summed E-state index contributed by atoms with van der Waals surface area (Å²) >= 11 is 6.98. The van der Waals surface area contributed by atoms with Gasteiger partial charge in [-0.3, -0.25) is 0 Å². The van der Waals surface area contributed by atoms with Gasteiger partial charge in [0.25, 0.3) is 0 Å². The quantitative estimate of drug-likeness (QED) is 0.133. The normalized spacial score (nSPS) is 19.0. The van der Waals surface area contributed by atoms with Gasteiger partial charge in [0.1, 0.15) is 36.7 Å². The Kier molecular flexibility index (Phi) is 11.8.